The summed E-state index contributed by atoms with van der Waals surface area (Å²) in [6, 6.07) is 6.83. The van der Waals surface area contributed by atoms with Gasteiger partial charge in [-0.05, 0) is 23.3 Å². The van der Waals surface area contributed by atoms with Gasteiger partial charge in [-0.25, -0.2) is 9.59 Å². The van der Waals surface area contributed by atoms with Crippen LogP contribution in [0, 0.1) is 0 Å². The summed E-state index contributed by atoms with van der Waals surface area (Å²) in [5, 5.41) is 17.7. The van der Waals surface area contributed by atoms with Crippen LogP contribution < -0.4 is 0 Å². The van der Waals surface area contributed by atoms with Crippen LogP contribution in [0.15, 0.2) is 35.8 Å². The average molecular weight is 232 g/mol. The van der Waals surface area contributed by atoms with Gasteiger partial charge in [0.05, 0.1) is 0 Å². The number of carboxylic acids is 2. The Labute approximate surface area is 96.3 Å². The van der Waals surface area contributed by atoms with Crippen molar-refractivity contribution in [2.75, 3.05) is 0 Å². The summed E-state index contributed by atoms with van der Waals surface area (Å²) in [5.74, 6) is -3.45. The van der Waals surface area contributed by atoms with E-state index in [4.69, 9.17) is 14.9 Å². The Morgan fingerprint density at radius 1 is 0.882 bits per heavy atom. The highest BCUT2D eigenvalue weighted by molar-refractivity contribution is 5.97. The van der Waals surface area contributed by atoms with Crippen LogP contribution in [-0.4, -0.2) is 22.2 Å². The topological polar surface area (TPSA) is 83.8 Å². The fourth-order valence-corrected chi connectivity index (χ4v) is 1.44. The first-order valence-electron chi connectivity index (χ1n) is 4.75. The fraction of sp³-hybridized carbons (Fsp3) is 0. The van der Waals surface area contributed by atoms with E-state index in [1.165, 1.54) is 12.2 Å². The molecule has 17 heavy (non-hydrogen) atoms. The van der Waals surface area contributed by atoms with Crippen LogP contribution in [0.1, 0.15) is 11.1 Å². The molecule has 0 amide bonds. The van der Waals surface area contributed by atoms with Gasteiger partial charge in [-0.3, -0.25) is 0 Å². The minimum absolute atomic E-state index is 0.413. The molecule has 0 spiro atoms. The Morgan fingerprint density at radius 3 is 1.65 bits per heavy atom. The Morgan fingerprint density at radius 2 is 1.29 bits per heavy atom. The summed E-state index contributed by atoms with van der Waals surface area (Å²) in [5.41, 5.74) is 1.20. The van der Waals surface area contributed by atoms with Crippen molar-refractivity contribution in [3.05, 3.63) is 46.9 Å². The second-order valence-electron chi connectivity index (χ2n) is 3.36. The minimum atomic E-state index is -1.31. The van der Waals surface area contributed by atoms with Crippen LogP contribution in [0.25, 0.3) is 12.2 Å². The average Bonchev–Trinajstić information content (AvgIpc) is 2.47. The molecule has 0 fully saturated rings. The van der Waals surface area contributed by atoms with Crippen molar-refractivity contribution in [1.29, 1.82) is 0 Å². The maximum absolute atomic E-state index is 10.9. The highest BCUT2D eigenvalue weighted by atomic mass is 16.5. The molecule has 0 radical (unpaired) electrons. The molecule has 0 atom stereocenters. The molecule has 1 aliphatic rings. The zero-order valence-electron chi connectivity index (χ0n) is 8.58. The maximum atomic E-state index is 10.9. The normalized spacial score (nSPS) is 13.6. The summed E-state index contributed by atoms with van der Waals surface area (Å²) in [6.45, 7) is 0. The largest absolute Gasteiger partial charge is 0.475 e. The van der Waals surface area contributed by atoms with Crippen molar-refractivity contribution < 1.29 is 24.5 Å². The van der Waals surface area contributed by atoms with Gasteiger partial charge in [0.1, 0.15) is 0 Å². The molecule has 5 nitrogen and oxygen atoms in total. The van der Waals surface area contributed by atoms with Crippen molar-refractivity contribution in [2.24, 2.45) is 0 Å². The quantitative estimate of drug-likeness (QED) is 0.808. The second-order valence-corrected chi connectivity index (χ2v) is 3.36. The predicted molar refractivity (Wildman–Crippen MR) is 58.8 cm³/mol. The Bertz CT molecular complexity index is 505. The molecule has 0 saturated heterocycles. The first-order valence-corrected chi connectivity index (χ1v) is 4.75. The number of rotatable bonds is 2. The first-order chi connectivity index (χ1) is 8.08. The summed E-state index contributed by atoms with van der Waals surface area (Å²) in [7, 11) is 0. The van der Waals surface area contributed by atoms with Crippen molar-refractivity contribution in [3.8, 4) is 0 Å². The second kappa shape index (κ2) is 4.13. The predicted octanol–water partition coefficient (Wildman–Crippen LogP) is 1.57. The standard InChI is InChI=1S/C12H8O5/c13-11(14)9-5-7-3-1-2-4-8(7)6-10(17-9)12(15)16/h1-6H,(H,13,14)(H,15,16). The van der Waals surface area contributed by atoms with E-state index in [0.717, 1.165) is 0 Å². The van der Waals surface area contributed by atoms with Gasteiger partial charge in [-0.15, -0.1) is 0 Å². The molecule has 2 rings (SSSR count). The first kappa shape index (κ1) is 10.9. The Kier molecular flexibility index (Phi) is 2.66. The van der Waals surface area contributed by atoms with Crippen molar-refractivity contribution in [1.82, 2.24) is 0 Å². The molecular weight excluding hydrogens is 224 g/mol. The van der Waals surface area contributed by atoms with Crippen LogP contribution in [0.2, 0.25) is 0 Å². The number of hydrogen-bond acceptors (Lipinski definition) is 3. The molecule has 2 N–H and O–H groups in total. The van der Waals surface area contributed by atoms with Crippen molar-refractivity contribution in [3.63, 3.8) is 0 Å². The van der Waals surface area contributed by atoms with Crippen LogP contribution in [0.5, 0.6) is 0 Å². The Balaban J connectivity index is 2.60. The summed E-state index contributed by atoms with van der Waals surface area (Å²) < 4.78 is 4.84. The van der Waals surface area contributed by atoms with E-state index in [-0.39, 0.29) is 0 Å². The van der Waals surface area contributed by atoms with Gasteiger partial charge in [0.25, 0.3) is 0 Å². The van der Waals surface area contributed by atoms with Gasteiger partial charge in [-0.1, -0.05) is 24.3 Å². The van der Waals surface area contributed by atoms with Crippen LogP contribution >= 0.6 is 0 Å². The number of carboxylic acid groups (broad SMARTS) is 2. The fourth-order valence-electron chi connectivity index (χ4n) is 1.44. The van der Waals surface area contributed by atoms with E-state index < -0.39 is 23.5 Å². The number of ether oxygens (including phenoxy) is 1. The third-order valence-electron chi connectivity index (χ3n) is 2.21. The molecule has 5 heteroatoms. The summed E-state index contributed by atoms with van der Waals surface area (Å²) >= 11 is 0. The lowest BCUT2D eigenvalue weighted by Gasteiger charge is -2.03. The SMILES string of the molecule is O=C(O)C1=Cc2ccccc2C=C(C(=O)O)O1. The smallest absolute Gasteiger partial charge is 0.371 e. The lowest BCUT2D eigenvalue weighted by molar-refractivity contribution is -0.138. The number of hydrogen-bond donors (Lipinski definition) is 2. The minimum Gasteiger partial charge on any atom is -0.475 e. The lowest BCUT2D eigenvalue weighted by atomic mass is 10.1. The molecule has 0 bridgehead atoms. The number of carbonyl (C=O) groups is 2. The molecule has 1 aromatic rings. The molecule has 1 aromatic carbocycles. The molecular formula is C12H8O5. The molecule has 1 aliphatic heterocycles. The molecule has 0 saturated carbocycles. The summed E-state index contributed by atoms with van der Waals surface area (Å²) in [6.07, 6.45) is 2.59. The van der Waals surface area contributed by atoms with E-state index >= 15 is 0 Å². The molecule has 0 unspecified atom stereocenters. The molecule has 86 valence electrons. The van der Waals surface area contributed by atoms with E-state index in [0.29, 0.717) is 11.1 Å². The number of fused-ring (bicyclic) bond motifs is 1. The van der Waals surface area contributed by atoms with Gasteiger partial charge >= 0.3 is 11.9 Å². The molecule has 0 aromatic heterocycles. The van der Waals surface area contributed by atoms with Gasteiger partial charge in [0.15, 0.2) is 0 Å². The Hall–Kier alpha value is -2.56. The van der Waals surface area contributed by atoms with Crippen LogP contribution in [0.3, 0.4) is 0 Å². The maximum Gasteiger partial charge on any atom is 0.371 e. The number of aliphatic carboxylic acids is 2. The molecule has 0 aliphatic carbocycles. The van der Waals surface area contributed by atoms with E-state index in [2.05, 4.69) is 0 Å². The van der Waals surface area contributed by atoms with Crippen LogP contribution in [-0.2, 0) is 14.3 Å². The third-order valence-corrected chi connectivity index (χ3v) is 2.21. The lowest BCUT2D eigenvalue weighted by Crippen LogP contribution is -2.09. The van der Waals surface area contributed by atoms with Gasteiger partial charge in [0, 0.05) is 0 Å². The van der Waals surface area contributed by atoms with E-state index in [1.807, 2.05) is 0 Å². The number of benzene rings is 1. The van der Waals surface area contributed by atoms with Gasteiger partial charge < -0.3 is 14.9 Å². The van der Waals surface area contributed by atoms with Gasteiger partial charge in [0.2, 0.25) is 11.5 Å². The van der Waals surface area contributed by atoms with E-state index in [9.17, 15) is 9.59 Å². The monoisotopic (exact) mass is 232 g/mol. The zero-order chi connectivity index (χ0) is 12.4. The van der Waals surface area contributed by atoms with Gasteiger partial charge in [-0.2, -0.15) is 0 Å². The zero-order valence-corrected chi connectivity index (χ0v) is 8.58. The van der Waals surface area contributed by atoms with E-state index in [1.54, 1.807) is 24.3 Å². The highest BCUT2D eigenvalue weighted by Gasteiger charge is 2.20. The van der Waals surface area contributed by atoms with Crippen LogP contribution in [0.4, 0.5) is 0 Å². The third kappa shape index (κ3) is 2.17. The van der Waals surface area contributed by atoms with Crippen molar-refractivity contribution >= 4 is 24.1 Å². The van der Waals surface area contributed by atoms with Crippen molar-refractivity contribution in [2.45, 2.75) is 0 Å². The molecule has 1 heterocycles. The highest BCUT2D eigenvalue weighted by Crippen LogP contribution is 2.23. The summed E-state index contributed by atoms with van der Waals surface area (Å²) in [4.78, 5) is 21.7.